The lowest BCUT2D eigenvalue weighted by Gasteiger charge is -2.05. The fourth-order valence-electron chi connectivity index (χ4n) is 1.52. The second kappa shape index (κ2) is 7.32. The van der Waals surface area contributed by atoms with Crippen molar-refractivity contribution >= 4 is 11.9 Å². The summed E-state index contributed by atoms with van der Waals surface area (Å²) >= 11 is 0. The Morgan fingerprint density at radius 1 is 1.17 bits per heavy atom. The molecule has 0 aromatic heterocycles. The van der Waals surface area contributed by atoms with Gasteiger partial charge in [0, 0.05) is 19.4 Å². The minimum absolute atomic E-state index is 0.0971. The van der Waals surface area contributed by atoms with Crippen molar-refractivity contribution in [1.29, 1.82) is 0 Å². The molecule has 98 valence electrons. The van der Waals surface area contributed by atoms with Crippen LogP contribution in [0.2, 0.25) is 0 Å². The van der Waals surface area contributed by atoms with Gasteiger partial charge >= 0.3 is 5.97 Å². The van der Waals surface area contributed by atoms with Gasteiger partial charge in [-0.1, -0.05) is 12.1 Å². The third kappa shape index (κ3) is 5.89. The Labute approximate surface area is 105 Å². The predicted molar refractivity (Wildman–Crippen MR) is 66.1 cm³/mol. The Bertz CT molecular complexity index is 417. The fraction of sp³-hybridized carbons (Fsp3) is 0.385. The zero-order valence-electron chi connectivity index (χ0n) is 10.1. The maximum absolute atomic E-state index is 11.4. The van der Waals surface area contributed by atoms with Crippen molar-refractivity contribution in [3.63, 3.8) is 0 Å². The van der Waals surface area contributed by atoms with Crippen molar-refractivity contribution in [3.8, 4) is 5.75 Å². The van der Waals surface area contributed by atoms with Gasteiger partial charge < -0.3 is 15.5 Å². The van der Waals surface area contributed by atoms with Gasteiger partial charge in [0.15, 0.2) is 0 Å². The molecule has 18 heavy (non-hydrogen) atoms. The van der Waals surface area contributed by atoms with Crippen molar-refractivity contribution in [2.24, 2.45) is 0 Å². The van der Waals surface area contributed by atoms with E-state index in [1.807, 2.05) is 6.07 Å². The summed E-state index contributed by atoms with van der Waals surface area (Å²) in [6, 6.07) is 6.68. The summed E-state index contributed by atoms with van der Waals surface area (Å²) in [7, 11) is 0. The van der Waals surface area contributed by atoms with Crippen molar-refractivity contribution in [2.45, 2.75) is 32.2 Å². The Morgan fingerprint density at radius 3 is 2.56 bits per heavy atom. The van der Waals surface area contributed by atoms with E-state index in [0.717, 1.165) is 5.56 Å². The molecule has 0 saturated carbocycles. The fourth-order valence-corrected chi connectivity index (χ4v) is 1.52. The number of carbonyl (C=O) groups is 2. The first-order valence-corrected chi connectivity index (χ1v) is 5.84. The van der Waals surface area contributed by atoms with Gasteiger partial charge in [-0.15, -0.1) is 0 Å². The summed E-state index contributed by atoms with van der Waals surface area (Å²) in [5, 5.41) is 20.4. The molecule has 0 bridgehead atoms. The van der Waals surface area contributed by atoms with E-state index < -0.39 is 5.97 Å². The quantitative estimate of drug-likeness (QED) is 0.643. The van der Waals surface area contributed by atoms with Gasteiger partial charge in [0.2, 0.25) is 5.91 Å². The highest BCUT2D eigenvalue weighted by atomic mass is 16.4. The van der Waals surface area contributed by atoms with E-state index >= 15 is 0 Å². The van der Waals surface area contributed by atoms with Crippen molar-refractivity contribution in [3.05, 3.63) is 29.8 Å². The number of phenols is 1. The second-order valence-electron chi connectivity index (χ2n) is 4.05. The topological polar surface area (TPSA) is 86.6 Å². The molecule has 0 heterocycles. The summed E-state index contributed by atoms with van der Waals surface area (Å²) in [6.45, 7) is 0.367. The van der Waals surface area contributed by atoms with E-state index in [2.05, 4.69) is 5.32 Å². The van der Waals surface area contributed by atoms with E-state index in [4.69, 9.17) is 5.11 Å². The molecule has 5 heteroatoms. The number of carboxylic acids is 1. The molecule has 0 aliphatic heterocycles. The second-order valence-corrected chi connectivity index (χ2v) is 4.05. The first-order valence-electron chi connectivity index (χ1n) is 5.84. The molecule has 0 saturated heterocycles. The van der Waals surface area contributed by atoms with Crippen LogP contribution in [0.5, 0.6) is 5.75 Å². The molecule has 1 amide bonds. The van der Waals surface area contributed by atoms with E-state index in [1.165, 1.54) is 0 Å². The maximum Gasteiger partial charge on any atom is 0.303 e. The average molecular weight is 251 g/mol. The van der Waals surface area contributed by atoms with E-state index in [9.17, 15) is 14.7 Å². The normalized spacial score (nSPS) is 10.0. The number of phenolic OH excluding ortho intramolecular Hbond substituents is 1. The van der Waals surface area contributed by atoms with Crippen LogP contribution in [0.1, 0.15) is 31.2 Å². The summed E-state index contributed by atoms with van der Waals surface area (Å²) < 4.78 is 0. The Hall–Kier alpha value is -2.04. The lowest BCUT2D eigenvalue weighted by atomic mass is 10.2. The van der Waals surface area contributed by atoms with Gasteiger partial charge in [-0.05, 0) is 30.5 Å². The smallest absolute Gasteiger partial charge is 0.303 e. The molecule has 0 radical (unpaired) electrons. The van der Waals surface area contributed by atoms with Crippen LogP contribution in [0.3, 0.4) is 0 Å². The third-order valence-corrected chi connectivity index (χ3v) is 2.44. The summed E-state index contributed by atoms with van der Waals surface area (Å²) in [6.07, 6.45) is 1.50. The Balaban J connectivity index is 2.19. The molecule has 0 atom stereocenters. The molecule has 1 rings (SSSR count). The molecule has 0 aliphatic carbocycles. The summed E-state index contributed by atoms with van der Waals surface area (Å²) in [5.74, 6) is -0.776. The molecule has 5 nitrogen and oxygen atoms in total. The highest BCUT2D eigenvalue weighted by Gasteiger charge is 2.03. The van der Waals surface area contributed by atoms with Crippen molar-refractivity contribution < 1.29 is 19.8 Å². The number of unbranched alkanes of at least 4 members (excludes halogenated alkanes) is 1. The van der Waals surface area contributed by atoms with Gasteiger partial charge in [0.1, 0.15) is 5.75 Å². The zero-order valence-corrected chi connectivity index (χ0v) is 10.1. The highest BCUT2D eigenvalue weighted by Crippen LogP contribution is 2.10. The first kappa shape index (κ1) is 14.0. The Kier molecular flexibility index (Phi) is 5.70. The molecule has 0 spiro atoms. The predicted octanol–water partition coefficient (Wildman–Crippen LogP) is 1.65. The molecule has 1 aromatic carbocycles. The van der Waals surface area contributed by atoms with E-state index in [-0.39, 0.29) is 18.1 Å². The number of aromatic hydroxyl groups is 1. The van der Waals surface area contributed by atoms with Crippen LogP contribution < -0.4 is 5.32 Å². The van der Waals surface area contributed by atoms with Crippen LogP contribution in [0.25, 0.3) is 0 Å². The number of hydrogen-bond donors (Lipinski definition) is 3. The lowest BCUT2D eigenvalue weighted by molar-refractivity contribution is -0.137. The van der Waals surface area contributed by atoms with Gasteiger partial charge in [-0.25, -0.2) is 0 Å². The largest absolute Gasteiger partial charge is 0.508 e. The van der Waals surface area contributed by atoms with Gasteiger partial charge in [-0.3, -0.25) is 9.59 Å². The lowest BCUT2D eigenvalue weighted by Crippen LogP contribution is -2.22. The molecular weight excluding hydrogens is 234 g/mol. The highest BCUT2D eigenvalue weighted by molar-refractivity contribution is 5.75. The first-order chi connectivity index (χ1) is 8.58. The van der Waals surface area contributed by atoms with E-state index in [0.29, 0.717) is 25.8 Å². The van der Waals surface area contributed by atoms with Crippen LogP contribution in [0.4, 0.5) is 0 Å². The molecule has 3 N–H and O–H groups in total. The summed E-state index contributed by atoms with van der Waals surface area (Å²) in [5.41, 5.74) is 0.828. The summed E-state index contributed by atoms with van der Waals surface area (Å²) in [4.78, 5) is 21.7. The van der Waals surface area contributed by atoms with Gasteiger partial charge in [-0.2, -0.15) is 0 Å². The monoisotopic (exact) mass is 251 g/mol. The SMILES string of the molecule is O=C(O)CCCCC(=O)NCc1cccc(O)c1. The van der Waals surface area contributed by atoms with Crippen LogP contribution in [-0.2, 0) is 16.1 Å². The van der Waals surface area contributed by atoms with Crippen LogP contribution in [0.15, 0.2) is 24.3 Å². The number of nitrogens with one attached hydrogen (secondary N) is 1. The zero-order chi connectivity index (χ0) is 13.4. The number of hydrogen-bond acceptors (Lipinski definition) is 3. The molecule has 0 fully saturated rings. The van der Waals surface area contributed by atoms with Gasteiger partial charge in [0.25, 0.3) is 0 Å². The number of carbonyl (C=O) groups excluding carboxylic acids is 1. The number of benzene rings is 1. The minimum Gasteiger partial charge on any atom is -0.508 e. The molecule has 0 unspecified atom stereocenters. The van der Waals surface area contributed by atoms with Crippen molar-refractivity contribution in [1.82, 2.24) is 5.32 Å². The van der Waals surface area contributed by atoms with Crippen LogP contribution >= 0.6 is 0 Å². The molecule has 1 aromatic rings. The number of carboxylic acid groups (broad SMARTS) is 1. The number of aliphatic carboxylic acids is 1. The number of amides is 1. The molecular formula is C13H17NO4. The Morgan fingerprint density at radius 2 is 1.89 bits per heavy atom. The van der Waals surface area contributed by atoms with E-state index in [1.54, 1.807) is 18.2 Å². The van der Waals surface area contributed by atoms with Crippen LogP contribution in [-0.4, -0.2) is 22.1 Å². The van der Waals surface area contributed by atoms with Crippen LogP contribution in [0, 0.1) is 0 Å². The third-order valence-electron chi connectivity index (χ3n) is 2.44. The van der Waals surface area contributed by atoms with Crippen molar-refractivity contribution in [2.75, 3.05) is 0 Å². The minimum atomic E-state index is -0.838. The standard InChI is InChI=1S/C13H17NO4/c15-11-5-3-4-10(8-11)9-14-12(16)6-1-2-7-13(17)18/h3-5,8,15H,1-2,6-7,9H2,(H,14,16)(H,17,18). The van der Waals surface area contributed by atoms with Gasteiger partial charge in [0.05, 0.1) is 0 Å². The maximum atomic E-state index is 11.4. The average Bonchev–Trinajstić information content (AvgIpc) is 2.32. The molecule has 0 aliphatic rings. The number of rotatable bonds is 7.